The van der Waals surface area contributed by atoms with Crippen molar-refractivity contribution >= 4 is 11.7 Å². The van der Waals surface area contributed by atoms with E-state index in [2.05, 4.69) is 31.3 Å². The van der Waals surface area contributed by atoms with E-state index in [4.69, 9.17) is 9.97 Å². The van der Waals surface area contributed by atoms with Crippen LogP contribution in [0.2, 0.25) is 0 Å². The molecule has 4 rings (SSSR count). The average Bonchev–Trinajstić information content (AvgIpc) is 2.79. The number of aryl methyl sites for hydroxylation is 3. The van der Waals surface area contributed by atoms with Crippen LogP contribution in [0, 0.1) is 11.7 Å². The summed E-state index contributed by atoms with van der Waals surface area (Å²) in [5, 5.41) is 3.04. The van der Waals surface area contributed by atoms with Crippen molar-refractivity contribution in [3.8, 4) is 11.3 Å². The lowest BCUT2D eigenvalue weighted by Gasteiger charge is -2.22. The quantitative estimate of drug-likeness (QED) is 0.481. The highest BCUT2D eigenvalue weighted by Crippen LogP contribution is 2.33. The second-order valence-electron chi connectivity index (χ2n) is 8.72. The van der Waals surface area contributed by atoms with Gasteiger partial charge in [-0.2, -0.15) is 0 Å². The van der Waals surface area contributed by atoms with Crippen LogP contribution in [0.3, 0.4) is 0 Å². The zero-order valence-corrected chi connectivity index (χ0v) is 18.8. The van der Waals surface area contributed by atoms with Crippen molar-refractivity contribution < 1.29 is 9.18 Å². The Bertz CT molecular complexity index is 1100. The largest absolute Gasteiger partial charge is 0.309 e. The number of anilines is 1. The highest BCUT2D eigenvalue weighted by molar-refractivity contribution is 5.90. The molecule has 1 aliphatic carbocycles. The van der Waals surface area contributed by atoms with E-state index in [1.807, 2.05) is 18.2 Å². The van der Waals surface area contributed by atoms with Crippen LogP contribution in [-0.2, 0) is 30.5 Å². The molecule has 0 radical (unpaired) electrons. The Kier molecular flexibility index (Phi) is 6.93. The van der Waals surface area contributed by atoms with Crippen molar-refractivity contribution in [2.24, 2.45) is 5.92 Å². The molecule has 166 valence electrons. The summed E-state index contributed by atoms with van der Waals surface area (Å²) in [6.45, 7) is 4.33. The minimum Gasteiger partial charge on any atom is -0.309 e. The molecule has 2 aromatic carbocycles. The molecule has 1 atom stereocenters. The Balaban J connectivity index is 1.54. The lowest BCUT2D eigenvalue weighted by molar-refractivity contribution is -0.116. The van der Waals surface area contributed by atoms with Crippen molar-refractivity contribution in [1.82, 2.24) is 9.97 Å². The smallest absolute Gasteiger partial charge is 0.225 e. The van der Waals surface area contributed by atoms with Gasteiger partial charge in [0.15, 0.2) is 5.82 Å². The first-order valence-electron chi connectivity index (χ1n) is 11.6. The number of carbonyl (C=O) groups is 1. The highest BCUT2D eigenvalue weighted by atomic mass is 19.1. The van der Waals surface area contributed by atoms with Crippen LogP contribution in [0.15, 0.2) is 48.5 Å². The molecule has 4 nitrogen and oxygen atoms in total. The molecule has 1 amide bonds. The van der Waals surface area contributed by atoms with Gasteiger partial charge in [-0.3, -0.25) is 4.79 Å². The number of rotatable bonds is 8. The van der Waals surface area contributed by atoms with Crippen molar-refractivity contribution in [3.05, 3.63) is 76.9 Å². The lowest BCUT2D eigenvalue weighted by atomic mass is 9.91. The third-order valence-corrected chi connectivity index (χ3v) is 6.20. The summed E-state index contributed by atoms with van der Waals surface area (Å²) in [7, 11) is 0. The summed E-state index contributed by atoms with van der Waals surface area (Å²) in [6, 6.07) is 15.1. The van der Waals surface area contributed by atoms with E-state index < -0.39 is 0 Å². The van der Waals surface area contributed by atoms with Gasteiger partial charge >= 0.3 is 0 Å². The van der Waals surface area contributed by atoms with Gasteiger partial charge in [0.05, 0.1) is 17.1 Å². The number of nitrogens with zero attached hydrogens (tertiary/aromatic N) is 2. The van der Waals surface area contributed by atoms with E-state index in [9.17, 15) is 9.18 Å². The number of halogens is 1. The van der Waals surface area contributed by atoms with Crippen LogP contribution in [0.1, 0.15) is 55.6 Å². The van der Waals surface area contributed by atoms with E-state index >= 15 is 0 Å². The van der Waals surface area contributed by atoms with Gasteiger partial charge in [0.25, 0.3) is 0 Å². The fourth-order valence-electron chi connectivity index (χ4n) is 4.16. The maximum atomic E-state index is 13.7. The molecule has 1 aliphatic rings. The first-order chi connectivity index (χ1) is 15.5. The van der Waals surface area contributed by atoms with Gasteiger partial charge in [-0.15, -0.1) is 0 Å². The molecule has 0 spiro atoms. The third kappa shape index (κ3) is 5.21. The molecular formula is C27H30FN3O. The summed E-state index contributed by atoms with van der Waals surface area (Å²) in [5.41, 5.74) is 5.67. The second-order valence-corrected chi connectivity index (χ2v) is 8.72. The topological polar surface area (TPSA) is 54.9 Å². The summed E-state index contributed by atoms with van der Waals surface area (Å²) in [6.07, 6.45) is 5.28. The van der Waals surface area contributed by atoms with E-state index in [0.717, 1.165) is 60.3 Å². The fraction of sp³-hybridized carbons (Fsp3) is 0.370. The van der Waals surface area contributed by atoms with Gasteiger partial charge in [-0.1, -0.05) is 50.6 Å². The summed E-state index contributed by atoms with van der Waals surface area (Å²) < 4.78 is 13.7. The van der Waals surface area contributed by atoms with Crippen LogP contribution in [0.25, 0.3) is 11.3 Å². The number of aromatic nitrogens is 2. The van der Waals surface area contributed by atoms with Gasteiger partial charge < -0.3 is 5.32 Å². The molecular weight excluding hydrogens is 401 g/mol. The normalized spacial score (nSPS) is 13.2. The molecule has 1 heterocycles. The molecule has 32 heavy (non-hydrogen) atoms. The summed E-state index contributed by atoms with van der Waals surface area (Å²) >= 11 is 0. The van der Waals surface area contributed by atoms with Crippen LogP contribution < -0.4 is 5.32 Å². The Hall–Kier alpha value is -3.08. The Labute approximate surface area is 189 Å². The number of benzene rings is 2. The zero-order chi connectivity index (χ0) is 22.5. The summed E-state index contributed by atoms with van der Waals surface area (Å²) in [4.78, 5) is 22.5. The molecule has 1 aromatic heterocycles. The SMILES string of the molecule is CCC(C)Cc1nc2c(nc1NC(=O)CCCc1ccccc1)CCc1cc(F)ccc1-2. The molecule has 0 bridgehead atoms. The number of fused-ring (bicyclic) bond motifs is 3. The van der Waals surface area contributed by atoms with Crippen molar-refractivity contribution in [1.29, 1.82) is 0 Å². The van der Waals surface area contributed by atoms with Crippen LogP contribution in [0.4, 0.5) is 10.2 Å². The maximum absolute atomic E-state index is 13.7. The van der Waals surface area contributed by atoms with Gasteiger partial charge in [-0.25, -0.2) is 14.4 Å². The Morgan fingerprint density at radius 1 is 1.12 bits per heavy atom. The molecule has 5 heteroatoms. The fourth-order valence-corrected chi connectivity index (χ4v) is 4.16. The van der Waals surface area contributed by atoms with Gasteiger partial charge in [0.2, 0.25) is 5.91 Å². The third-order valence-electron chi connectivity index (χ3n) is 6.20. The average molecular weight is 432 g/mol. The first kappa shape index (κ1) is 22.1. The van der Waals surface area contributed by atoms with Crippen LogP contribution in [-0.4, -0.2) is 15.9 Å². The minimum absolute atomic E-state index is 0.0288. The maximum Gasteiger partial charge on any atom is 0.225 e. The number of hydrogen-bond donors (Lipinski definition) is 1. The predicted molar refractivity (Wildman–Crippen MR) is 126 cm³/mol. The lowest BCUT2D eigenvalue weighted by Crippen LogP contribution is -2.19. The molecule has 0 fully saturated rings. The van der Waals surface area contributed by atoms with E-state index in [-0.39, 0.29) is 11.7 Å². The molecule has 3 aromatic rings. The first-order valence-corrected chi connectivity index (χ1v) is 11.6. The van der Waals surface area contributed by atoms with Crippen molar-refractivity contribution in [2.45, 2.75) is 58.8 Å². The predicted octanol–water partition coefficient (Wildman–Crippen LogP) is 5.93. The number of nitrogens with one attached hydrogen (secondary N) is 1. The molecule has 1 N–H and O–H groups in total. The minimum atomic E-state index is -0.223. The van der Waals surface area contributed by atoms with Crippen LogP contribution >= 0.6 is 0 Å². The Morgan fingerprint density at radius 3 is 2.72 bits per heavy atom. The van der Waals surface area contributed by atoms with E-state index in [1.165, 1.54) is 11.6 Å². The van der Waals surface area contributed by atoms with E-state index in [0.29, 0.717) is 24.6 Å². The number of carbonyl (C=O) groups excluding carboxylic acids is 1. The van der Waals surface area contributed by atoms with Gasteiger partial charge in [0, 0.05) is 12.0 Å². The molecule has 0 saturated carbocycles. The Morgan fingerprint density at radius 2 is 1.94 bits per heavy atom. The summed E-state index contributed by atoms with van der Waals surface area (Å²) in [5.74, 6) is 0.755. The van der Waals surface area contributed by atoms with Crippen molar-refractivity contribution in [2.75, 3.05) is 5.32 Å². The molecule has 0 saturated heterocycles. The highest BCUT2D eigenvalue weighted by Gasteiger charge is 2.23. The van der Waals surface area contributed by atoms with Gasteiger partial charge in [-0.05, 0) is 67.3 Å². The monoisotopic (exact) mass is 431 g/mol. The molecule has 1 unspecified atom stereocenters. The van der Waals surface area contributed by atoms with Crippen LogP contribution in [0.5, 0.6) is 0 Å². The second kappa shape index (κ2) is 10.0. The van der Waals surface area contributed by atoms with Gasteiger partial charge in [0.1, 0.15) is 5.82 Å². The number of hydrogen-bond acceptors (Lipinski definition) is 3. The number of amides is 1. The standard InChI is InChI=1S/C27H30FN3O/c1-3-18(2)16-24-27(31-25(32)11-7-10-19-8-5-4-6-9-19)30-23-15-12-20-17-21(28)13-14-22(20)26(23)29-24/h4-6,8-9,13-14,17-18H,3,7,10-12,15-16H2,1-2H3,(H,30,31,32). The zero-order valence-electron chi connectivity index (χ0n) is 18.8. The molecule has 0 aliphatic heterocycles. The van der Waals surface area contributed by atoms with Crippen molar-refractivity contribution in [3.63, 3.8) is 0 Å². The van der Waals surface area contributed by atoms with E-state index in [1.54, 1.807) is 12.1 Å².